The summed E-state index contributed by atoms with van der Waals surface area (Å²) in [6.07, 6.45) is 0. The lowest BCUT2D eigenvalue weighted by molar-refractivity contribution is 0.101. The van der Waals surface area contributed by atoms with Crippen molar-refractivity contribution in [1.82, 2.24) is 0 Å². The number of carbonyl (C=O) groups is 1. The highest BCUT2D eigenvalue weighted by Gasteiger charge is 2.15. The van der Waals surface area contributed by atoms with Crippen molar-refractivity contribution >= 4 is 17.5 Å². The summed E-state index contributed by atoms with van der Waals surface area (Å²) in [6.45, 7) is 8.58. The molecule has 1 aromatic rings. The van der Waals surface area contributed by atoms with Crippen LogP contribution in [-0.4, -0.2) is 23.9 Å². The third-order valence-corrected chi connectivity index (χ3v) is 3.32. The van der Waals surface area contributed by atoms with E-state index in [1.165, 1.54) is 0 Å². The fraction of sp³-hybridized carbons (Fsp3) is 0.500. The first-order valence-corrected chi connectivity index (χ1v) is 7.10. The molecule has 2 nitrogen and oxygen atoms in total. The molecule has 0 aliphatic heterocycles. The SMILES string of the molecule is CCOc1c(C)cc(C)cc1C(=O)CSCC. The van der Waals surface area contributed by atoms with E-state index >= 15 is 0 Å². The van der Waals surface area contributed by atoms with Crippen molar-refractivity contribution in [3.05, 3.63) is 28.8 Å². The Balaban J connectivity index is 3.06. The summed E-state index contributed by atoms with van der Waals surface area (Å²) in [5.41, 5.74) is 2.87. The Labute approximate surface area is 108 Å². The third kappa shape index (κ3) is 3.77. The van der Waals surface area contributed by atoms with Gasteiger partial charge in [0.15, 0.2) is 5.78 Å². The second-order valence-electron chi connectivity index (χ2n) is 3.95. The van der Waals surface area contributed by atoms with Gasteiger partial charge in [-0.1, -0.05) is 13.0 Å². The molecular weight excluding hydrogens is 232 g/mol. The molecule has 0 N–H and O–H groups in total. The maximum absolute atomic E-state index is 12.1. The Hall–Kier alpha value is -0.960. The van der Waals surface area contributed by atoms with Gasteiger partial charge in [-0.25, -0.2) is 0 Å². The van der Waals surface area contributed by atoms with Gasteiger partial charge >= 0.3 is 0 Å². The number of aryl methyl sites for hydroxylation is 2. The number of ether oxygens (including phenoxy) is 1. The molecule has 0 fully saturated rings. The van der Waals surface area contributed by atoms with E-state index in [0.29, 0.717) is 12.4 Å². The second-order valence-corrected chi connectivity index (χ2v) is 5.23. The Kier molecular flexibility index (Phi) is 5.56. The van der Waals surface area contributed by atoms with Crippen molar-refractivity contribution in [2.24, 2.45) is 0 Å². The maximum Gasteiger partial charge on any atom is 0.176 e. The van der Waals surface area contributed by atoms with Gasteiger partial charge in [0.25, 0.3) is 0 Å². The van der Waals surface area contributed by atoms with Crippen molar-refractivity contribution in [2.75, 3.05) is 18.1 Å². The lowest BCUT2D eigenvalue weighted by Gasteiger charge is -2.13. The molecule has 0 aromatic heterocycles. The molecule has 0 atom stereocenters. The number of rotatable bonds is 6. The summed E-state index contributed by atoms with van der Waals surface area (Å²) >= 11 is 1.64. The highest BCUT2D eigenvalue weighted by molar-refractivity contribution is 7.99. The summed E-state index contributed by atoms with van der Waals surface area (Å²) in [4.78, 5) is 12.1. The van der Waals surface area contributed by atoms with Gasteiger partial charge in [0.2, 0.25) is 0 Å². The summed E-state index contributed by atoms with van der Waals surface area (Å²) in [7, 11) is 0. The molecule has 0 unspecified atom stereocenters. The van der Waals surface area contributed by atoms with Crippen LogP contribution >= 0.6 is 11.8 Å². The zero-order valence-electron chi connectivity index (χ0n) is 11.0. The molecule has 0 saturated carbocycles. The summed E-state index contributed by atoms with van der Waals surface area (Å²) < 4.78 is 5.59. The summed E-state index contributed by atoms with van der Waals surface area (Å²) in [6, 6.07) is 3.98. The molecule has 94 valence electrons. The molecule has 3 heteroatoms. The molecule has 0 aliphatic carbocycles. The lowest BCUT2D eigenvalue weighted by atomic mass is 10.0. The highest BCUT2D eigenvalue weighted by Crippen LogP contribution is 2.26. The predicted molar refractivity (Wildman–Crippen MR) is 74.4 cm³/mol. The van der Waals surface area contributed by atoms with Gasteiger partial charge in [-0.2, -0.15) is 11.8 Å². The quantitative estimate of drug-likeness (QED) is 0.723. The first-order valence-electron chi connectivity index (χ1n) is 5.95. The fourth-order valence-corrected chi connectivity index (χ4v) is 2.31. The maximum atomic E-state index is 12.1. The van der Waals surface area contributed by atoms with Gasteiger partial charge in [-0.3, -0.25) is 4.79 Å². The molecule has 0 radical (unpaired) electrons. The Morgan fingerprint density at radius 2 is 2.00 bits per heavy atom. The molecule has 1 aromatic carbocycles. The van der Waals surface area contributed by atoms with Crippen LogP contribution in [0.3, 0.4) is 0 Å². The molecule has 0 amide bonds. The van der Waals surface area contributed by atoms with Crippen molar-refractivity contribution in [1.29, 1.82) is 0 Å². The minimum absolute atomic E-state index is 0.159. The Morgan fingerprint density at radius 3 is 2.59 bits per heavy atom. The number of hydrogen-bond donors (Lipinski definition) is 0. The van der Waals surface area contributed by atoms with Gasteiger partial charge in [0.1, 0.15) is 5.75 Å². The van der Waals surface area contributed by atoms with E-state index in [4.69, 9.17) is 4.74 Å². The molecule has 0 saturated heterocycles. The van der Waals surface area contributed by atoms with E-state index in [2.05, 4.69) is 13.0 Å². The first kappa shape index (κ1) is 14.1. The smallest absolute Gasteiger partial charge is 0.176 e. The third-order valence-electron chi connectivity index (χ3n) is 2.45. The molecule has 0 aliphatic rings. The van der Waals surface area contributed by atoms with Crippen molar-refractivity contribution in [2.45, 2.75) is 27.7 Å². The average Bonchev–Trinajstić information content (AvgIpc) is 2.29. The van der Waals surface area contributed by atoms with E-state index < -0.39 is 0 Å². The van der Waals surface area contributed by atoms with Gasteiger partial charge < -0.3 is 4.74 Å². The van der Waals surface area contributed by atoms with E-state index in [0.717, 1.165) is 28.2 Å². The molecule has 0 bridgehead atoms. The van der Waals surface area contributed by atoms with Gasteiger partial charge in [0.05, 0.1) is 17.9 Å². The number of Topliss-reactive ketones (excluding diaryl/α,β-unsaturated/α-hetero) is 1. The minimum Gasteiger partial charge on any atom is -0.493 e. The summed E-state index contributed by atoms with van der Waals surface area (Å²) in [5, 5.41) is 0. The van der Waals surface area contributed by atoms with Crippen molar-refractivity contribution < 1.29 is 9.53 Å². The number of carbonyl (C=O) groups excluding carboxylic acids is 1. The van der Waals surface area contributed by atoms with Crippen LogP contribution < -0.4 is 4.74 Å². The topological polar surface area (TPSA) is 26.3 Å². The normalized spacial score (nSPS) is 10.4. The van der Waals surface area contributed by atoms with Crippen LogP contribution in [0, 0.1) is 13.8 Å². The van der Waals surface area contributed by atoms with Crippen molar-refractivity contribution in [3.63, 3.8) is 0 Å². The van der Waals surface area contributed by atoms with Crippen LogP contribution in [0.2, 0.25) is 0 Å². The number of benzene rings is 1. The predicted octanol–water partition coefficient (Wildman–Crippen LogP) is 3.64. The Morgan fingerprint density at radius 1 is 1.29 bits per heavy atom. The minimum atomic E-state index is 0.159. The van der Waals surface area contributed by atoms with E-state index in [-0.39, 0.29) is 5.78 Å². The van der Waals surface area contributed by atoms with E-state index in [9.17, 15) is 4.79 Å². The van der Waals surface area contributed by atoms with Crippen LogP contribution in [0.15, 0.2) is 12.1 Å². The molecule has 0 spiro atoms. The molecule has 0 heterocycles. The van der Waals surface area contributed by atoms with Crippen LogP contribution in [-0.2, 0) is 0 Å². The lowest BCUT2D eigenvalue weighted by Crippen LogP contribution is -2.08. The monoisotopic (exact) mass is 252 g/mol. The van der Waals surface area contributed by atoms with Crippen LogP contribution in [0.4, 0.5) is 0 Å². The zero-order valence-corrected chi connectivity index (χ0v) is 11.8. The Bertz CT molecular complexity index is 399. The van der Waals surface area contributed by atoms with Crippen LogP contribution in [0.1, 0.15) is 35.3 Å². The number of hydrogen-bond acceptors (Lipinski definition) is 3. The summed E-state index contributed by atoms with van der Waals surface area (Å²) in [5.74, 6) is 2.40. The first-order chi connectivity index (χ1) is 8.10. The molecule has 17 heavy (non-hydrogen) atoms. The van der Waals surface area contributed by atoms with E-state index in [1.807, 2.05) is 26.8 Å². The van der Waals surface area contributed by atoms with Crippen LogP contribution in [0.25, 0.3) is 0 Å². The standard InChI is InChI=1S/C14H20O2S/c1-5-16-14-11(4)7-10(3)8-12(14)13(15)9-17-6-2/h7-8H,5-6,9H2,1-4H3. The zero-order chi connectivity index (χ0) is 12.8. The number of thioether (sulfide) groups is 1. The highest BCUT2D eigenvalue weighted by atomic mass is 32.2. The largest absolute Gasteiger partial charge is 0.493 e. The molecular formula is C14H20O2S. The fourth-order valence-electron chi connectivity index (χ4n) is 1.77. The van der Waals surface area contributed by atoms with Gasteiger partial charge in [0, 0.05) is 0 Å². The molecule has 1 rings (SSSR count). The number of ketones is 1. The van der Waals surface area contributed by atoms with Gasteiger partial charge in [-0.15, -0.1) is 0 Å². The van der Waals surface area contributed by atoms with Gasteiger partial charge in [-0.05, 0) is 43.7 Å². The van der Waals surface area contributed by atoms with Crippen LogP contribution in [0.5, 0.6) is 5.75 Å². The van der Waals surface area contributed by atoms with E-state index in [1.54, 1.807) is 11.8 Å². The van der Waals surface area contributed by atoms with Crippen molar-refractivity contribution in [3.8, 4) is 5.75 Å². The average molecular weight is 252 g/mol. The second kappa shape index (κ2) is 6.70.